The molecule has 2 N–H and O–H groups in total. The highest BCUT2D eigenvalue weighted by Crippen LogP contribution is 1.95. The SMILES string of the molecule is CCCCNC(=O)C(C)NCc1cnc(C)cn1. The summed E-state index contributed by atoms with van der Waals surface area (Å²) in [5.74, 6) is 0.0310. The van der Waals surface area contributed by atoms with Gasteiger partial charge in [0.15, 0.2) is 0 Å². The van der Waals surface area contributed by atoms with E-state index >= 15 is 0 Å². The van der Waals surface area contributed by atoms with Crippen LogP contribution in [-0.4, -0.2) is 28.5 Å². The fourth-order valence-corrected chi connectivity index (χ4v) is 1.40. The Morgan fingerprint density at radius 2 is 2.17 bits per heavy atom. The van der Waals surface area contributed by atoms with Gasteiger partial charge >= 0.3 is 0 Å². The number of unbranched alkanes of at least 4 members (excludes halogenated alkanes) is 1. The molecule has 0 aliphatic carbocycles. The molecule has 100 valence electrons. The number of nitrogens with one attached hydrogen (secondary N) is 2. The van der Waals surface area contributed by atoms with Crippen LogP contribution >= 0.6 is 0 Å². The molecule has 0 aliphatic heterocycles. The molecule has 18 heavy (non-hydrogen) atoms. The molecule has 1 amide bonds. The Balaban J connectivity index is 2.29. The third-order valence-corrected chi connectivity index (χ3v) is 2.65. The van der Waals surface area contributed by atoms with Gasteiger partial charge in [0.25, 0.3) is 0 Å². The molecule has 1 unspecified atom stereocenters. The van der Waals surface area contributed by atoms with Gasteiger partial charge in [0, 0.05) is 25.5 Å². The van der Waals surface area contributed by atoms with Crippen molar-refractivity contribution in [2.24, 2.45) is 0 Å². The van der Waals surface area contributed by atoms with E-state index in [-0.39, 0.29) is 11.9 Å². The first kappa shape index (κ1) is 14.6. The highest BCUT2D eigenvalue weighted by molar-refractivity contribution is 5.81. The van der Waals surface area contributed by atoms with Crippen LogP contribution < -0.4 is 10.6 Å². The van der Waals surface area contributed by atoms with Gasteiger partial charge in [-0.2, -0.15) is 0 Å². The van der Waals surface area contributed by atoms with Gasteiger partial charge in [0.1, 0.15) is 0 Å². The van der Waals surface area contributed by atoms with Crippen molar-refractivity contribution >= 4 is 5.91 Å². The van der Waals surface area contributed by atoms with E-state index in [1.807, 2.05) is 13.8 Å². The molecule has 0 fully saturated rings. The molecular formula is C13H22N4O. The maximum Gasteiger partial charge on any atom is 0.236 e. The van der Waals surface area contributed by atoms with E-state index in [1.165, 1.54) is 0 Å². The monoisotopic (exact) mass is 250 g/mol. The van der Waals surface area contributed by atoms with Gasteiger partial charge in [0.2, 0.25) is 5.91 Å². The predicted octanol–water partition coefficient (Wildman–Crippen LogP) is 1.18. The van der Waals surface area contributed by atoms with E-state index in [1.54, 1.807) is 12.4 Å². The fraction of sp³-hybridized carbons (Fsp3) is 0.615. The molecule has 1 aromatic heterocycles. The molecule has 1 atom stereocenters. The van der Waals surface area contributed by atoms with Crippen LogP contribution in [-0.2, 0) is 11.3 Å². The molecule has 0 radical (unpaired) electrons. The summed E-state index contributed by atoms with van der Waals surface area (Å²) in [6, 6.07) is -0.218. The van der Waals surface area contributed by atoms with Crippen molar-refractivity contribution in [3.63, 3.8) is 0 Å². The minimum atomic E-state index is -0.218. The lowest BCUT2D eigenvalue weighted by molar-refractivity contribution is -0.122. The summed E-state index contributed by atoms with van der Waals surface area (Å²) < 4.78 is 0. The second kappa shape index (κ2) is 7.76. The lowest BCUT2D eigenvalue weighted by atomic mass is 10.2. The van der Waals surface area contributed by atoms with Crippen LogP contribution in [0.15, 0.2) is 12.4 Å². The van der Waals surface area contributed by atoms with Crippen molar-refractivity contribution < 1.29 is 4.79 Å². The van der Waals surface area contributed by atoms with Crippen molar-refractivity contribution in [3.8, 4) is 0 Å². The van der Waals surface area contributed by atoms with Gasteiger partial charge in [-0.1, -0.05) is 13.3 Å². The number of carbonyl (C=O) groups excluding carboxylic acids is 1. The molecular weight excluding hydrogens is 228 g/mol. The number of hydrogen-bond donors (Lipinski definition) is 2. The average Bonchev–Trinajstić information content (AvgIpc) is 2.38. The topological polar surface area (TPSA) is 66.9 Å². The lowest BCUT2D eigenvalue weighted by Gasteiger charge is -2.13. The van der Waals surface area contributed by atoms with Crippen molar-refractivity contribution in [3.05, 3.63) is 23.8 Å². The fourth-order valence-electron chi connectivity index (χ4n) is 1.40. The Morgan fingerprint density at radius 3 is 2.78 bits per heavy atom. The minimum absolute atomic E-state index is 0.0310. The van der Waals surface area contributed by atoms with Gasteiger partial charge < -0.3 is 10.6 Å². The van der Waals surface area contributed by atoms with E-state index in [0.29, 0.717) is 6.54 Å². The van der Waals surface area contributed by atoms with Gasteiger partial charge in [0.05, 0.1) is 17.4 Å². The van der Waals surface area contributed by atoms with Crippen molar-refractivity contribution in [1.29, 1.82) is 0 Å². The summed E-state index contributed by atoms with van der Waals surface area (Å²) in [7, 11) is 0. The molecule has 1 rings (SSSR count). The zero-order chi connectivity index (χ0) is 13.4. The summed E-state index contributed by atoms with van der Waals surface area (Å²) >= 11 is 0. The zero-order valence-corrected chi connectivity index (χ0v) is 11.4. The van der Waals surface area contributed by atoms with Crippen LogP contribution in [0.1, 0.15) is 38.1 Å². The van der Waals surface area contributed by atoms with Gasteiger partial charge in [-0.05, 0) is 20.3 Å². The molecule has 0 aliphatic rings. The molecule has 5 heteroatoms. The van der Waals surface area contributed by atoms with Gasteiger partial charge in [-0.3, -0.25) is 14.8 Å². The number of carbonyl (C=O) groups is 1. The summed E-state index contributed by atoms with van der Waals surface area (Å²) in [6.45, 7) is 7.14. The number of hydrogen-bond acceptors (Lipinski definition) is 4. The first-order chi connectivity index (χ1) is 8.63. The van der Waals surface area contributed by atoms with E-state index < -0.39 is 0 Å². The van der Waals surface area contributed by atoms with Gasteiger partial charge in [-0.25, -0.2) is 0 Å². The molecule has 5 nitrogen and oxygen atoms in total. The Labute approximate surface area is 108 Å². The standard InChI is InChI=1S/C13H22N4O/c1-4-5-6-14-13(18)11(3)16-9-12-8-15-10(2)7-17-12/h7-8,11,16H,4-6,9H2,1-3H3,(H,14,18). The van der Waals surface area contributed by atoms with Crippen LogP contribution in [0.25, 0.3) is 0 Å². The summed E-state index contributed by atoms with van der Waals surface area (Å²) in [5.41, 5.74) is 1.73. The normalized spacial score (nSPS) is 12.2. The minimum Gasteiger partial charge on any atom is -0.355 e. The Kier molecular flexibility index (Phi) is 6.28. The number of aryl methyl sites for hydroxylation is 1. The number of rotatable bonds is 7. The van der Waals surface area contributed by atoms with Crippen LogP contribution in [0, 0.1) is 6.92 Å². The second-order valence-corrected chi connectivity index (χ2v) is 4.40. The van der Waals surface area contributed by atoms with Crippen molar-refractivity contribution in [2.45, 2.75) is 46.2 Å². The highest BCUT2D eigenvalue weighted by Gasteiger charge is 2.11. The van der Waals surface area contributed by atoms with Crippen LogP contribution in [0.3, 0.4) is 0 Å². The Morgan fingerprint density at radius 1 is 1.39 bits per heavy atom. The maximum atomic E-state index is 11.7. The number of nitrogens with zero attached hydrogens (tertiary/aromatic N) is 2. The quantitative estimate of drug-likeness (QED) is 0.713. The Bertz CT molecular complexity index is 364. The molecule has 1 heterocycles. The van der Waals surface area contributed by atoms with E-state index in [0.717, 1.165) is 30.8 Å². The van der Waals surface area contributed by atoms with E-state index in [9.17, 15) is 4.79 Å². The average molecular weight is 250 g/mol. The maximum absolute atomic E-state index is 11.7. The first-order valence-electron chi connectivity index (χ1n) is 6.42. The third kappa shape index (κ3) is 5.23. The van der Waals surface area contributed by atoms with Crippen molar-refractivity contribution in [2.75, 3.05) is 6.54 Å². The molecule has 0 bridgehead atoms. The van der Waals surface area contributed by atoms with Crippen molar-refractivity contribution in [1.82, 2.24) is 20.6 Å². The lowest BCUT2D eigenvalue weighted by Crippen LogP contribution is -2.42. The molecule has 0 saturated carbocycles. The van der Waals surface area contributed by atoms with Gasteiger partial charge in [-0.15, -0.1) is 0 Å². The second-order valence-electron chi connectivity index (χ2n) is 4.40. The molecule has 0 aromatic carbocycles. The van der Waals surface area contributed by atoms with Crippen LogP contribution in [0.2, 0.25) is 0 Å². The number of aromatic nitrogens is 2. The molecule has 0 spiro atoms. The third-order valence-electron chi connectivity index (χ3n) is 2.65. The van der Waals surface area contributed by atoms with E-state index in [2.05, 4.69) is 27.5 Å². The smallest absolute Gasteiger partial charge is 0.236 e. The summed E-state index contributed by atoms with van der Waals surface area (Å²) in [6.07, 6.45) is 5.55. The largest absolute Gasteiger partial charge is 0.355 e. The summed E-state index contributed by atoms with van der Waals surface area (Å²) in [5, 5.41) is 6.02. The summed E-state index contributed by atoms with van der Waals surface area (Å²) in [4.78, 5) is 20.1. The van der Waals surface area contributed by atoms with Crippen LogP contribution in [0.5, 0.6) is 0 Å². The highest BCUT2D eigenvalue weighted by atomic mass is 16.2. The zero-order valence-electron chi connectivity index (χ0n) is 11.4. The molecule has 0 saturated heterocycles. The Hall–Kier alpha value is -1.49. The van der Waals surface area contributed by atoms with Crippen LogP contribution in [0.4, 0.5) is 0 Å². The molecule has 1 aromatic rings. The number of amides is 1. The van der Waals surface area contributed by atoms with E-state index in [4.69, 9.17) is 0 Å². The first-order valence-corrected chi connectivity index (χ1v) is 6.42. The predicted molar refractivity (Wildman–Crippen MR) is 71.0 cm³/mol.